The number of rotatable bonds is 9. The average Bonchev–Trinajstić information content (AvgIpc) is 3.08. The van der Waals surface area contributed by atoms with Crippen LogP contribution >= 0.6 is 0 Å². The van der Waals surface area contributed by atoms with Crippen molar-refractivity contribution >= 4 is 38.4 Å². The predicted molar refractivity (Wildman–Crippen MR) is 124 cm³/mol. The van der Waals surface area contributed by atoms with E-state index in [0.29, 0.717) is 42.1 Å². The van der Waals surface area contributed by atoms with Crippen LogP contribution in [0.3, 0.4) is 0 Å². The van der Waals surface area contributed by atoms with Gasteiger partial charge in [-0.1, -0.05) is 26.0 Å². The first kappa shape index (κ1) is 23.6. The number of carbonyl (C=O) groups excluding carboxylic acids is 2. The lowest BCUT2D eigenvalue weighted by Gasteiger charge is -2.18. The van der Waals surface area contributed by atoms with Crippen molar-refractivity contribution in [2.24, 2.45) is 7.05 Å². The number of amides is 1. The van der Waals surface area contributed by atoms with Crippen LogP contribution in [-0.4, -0.2) is 47.1 Å². The molecule has 2 aromatic carbocycles. The number of benzene rings is 2. The molecule has 0 spiro atoms. The normalized spacial score (nSPS) is 11.8. The highest BCUT2D eigenvalue weighted by Gasteiger charge is 2.23. The Balaban J connectivity index is 1.78. The van der Waals surface area contributed by atoms with Crippen molar-refractivity contribution in [2.75, 3.05) is 18.4 Å². The van der Waals surface area contributed by atoms with E-state index >= 15 is 0 Å². The molecule has 0 saturated heterocycles. The van der Waals surface area contributed by atoms with Gasteiger partial charge in [0.1, 0.15) is 5.82 Å². The lowest BCUT2D eigenvalue weighted by atomic mass is 10.1. The fourth-order valence-electron chi connectivity index (χ4n) is 3.66. The molecule has 3 rings (SSSR count). The topological polar surface area (TPSA) is 101 Å². The largest absolute Gasteiger partial charge is 0.331 e. The van der Waals surface area contributed by atoms with Crippen LogP contribution < -0.4 is 5.32 Å². The summed E-state index contributed by atoms with van der Waals surface area (Å²) in [6, 6.07) is 11.8. The molecule has 9 heteroatoms. The van der Waals surface area contributed by atoms with Crippen molar-refractivity contribution in [3.63, 3.8) is 0 Å². The Morgan fingerprint density at radius 1 is 1.09 bits per heavy atom. The number of nitrogens with one attached hydrogen (secondary N) is 1. The molecular weight excluding hydrogens is 428 g/mol. The molecule has 0 unspecified atom stereocenters. The lowest BCUT2D eigenvalue weighted by Crippen LogP contribution is -2.30. The summed E-state index contributed by atoms with van der Waals surface area (Å²) in [5.41, 5.74) is 2.31. The molecular formula is C23H28N4O4S. The van der Waals surface area contributed by atoms with Crippen molar-refractivity contribution in [3.8, 4) is 0 Å². The molecule has 1 N–H and O–H groups in total. The predicted octanol–water partition coefficient (Wildman–Crippen LogP) is 3.38. The number of hydrogen-bond acceptors (Lipinski definition) is 5. The van der Waals surface area contributed by atoms with E-state index in [2.05, 4.69) is 10.3 Å². The molecule has 1 aromatic heterocycles. The summed E-state index contributed by atoms with van der Waals surface area (Å²) in [5.74, 6) is 0.328. The van der Waals surface area contributed by atoms with E-state index in [-0.39, 0.29) is 23.0 Å². The molecule has 1 amide bonds. The third kappa shape index (κ3) is 4.73. The molecule has 0 saturated carbocycles. The summed E-state index contributed by atoms with van der Waals surface area (Å²) < 4.78 is 28.9. The van der Waals surface area contributed by atoms with Gasteiger partial charge in [-0.05, 0) is 37.3 Å². The zero-order valence-electron chi connectivity index (χ0n) is 18.8. The Morgan fingerprint density at radius 3 is 2.44 bits per heavy atom. The van der Waals surface area contributed by atoms with Crippen molar-refractivity contribution in [1.82, 2.24) is 13.9 Å². The monoisotopic (exact) mass is 456 g/mol. The van der Waals surface area contributed by atoms with Gasteiger partial charge < -0.3 is 9.88 Å². The zero-order chi connectivity index (χ0) is 23.5. The average molecular weight is 457 g/mol. The first-order valence-corrected chi connectivity index (χ1v) is 12.0. The van der Waals surface area contributed by atoms with E-state index in [0.717, 1.165) is 5.52 Å². The Labute approximate surface area is 188 Å². The number of sulfonamides is 1. The smallest absolute Gasteiger partial charge is 0.243 e. The molecule has 0 atom stereocenters. The second-order valence-corrected chi connectivity index (χ2v) is 9.41. The number of para-hydroxylation sites is 1. The molecule has 3 aromatic rings. The summed E-state index contributed by atoms with van der Waals surface area (Å²) in [4.78, 5) is 29.0. The molecule has 0 aliphatic rings. The Kier molecular flexibility index (Phi) is 7.10. The Morgan fingerprint density at radius 2 is 1.78 bits per heavy atom. The fourth-order valence-corrected chi connectivity index (χ4v) is 5.14. The molecule has 0 fully saturated rings. The maximum atomic E-state index is 12.8. The van der Waals surface area contributed by atoms with Crippen molar-refractivity contribution in [3.05, 3.63) is 53.9 Å². The van der Waals surface area contributed by atoms with Gasteiger partial charge in [-0.25, -0.2) is 13.4 Å². The van der Waals surface area contributed by atoms with E-state index in [1.807, 2.05) is 11.6 Å². The van der Waals surface area contributed by atoms with Crippen molar-refractivity contribution in [2.45, 2.75) is 38.5 Å². The quantitative estimate of drug-likeness (QED) is 0.498. The number of carbonyl (C=O) groups is 2. The first-order valence-electron chi connectivity index (χ1n) is 10.5. The summed E-state index contributed by atoms with van der Waals surface area (Å²) in [6.45, 7) is 5.86. The van der Waals surface area contributed by atoms with Gasteiger partial charge >= 0.3 is 0 Å². The number of imidazole rings is 1. The molecule has 0 aliphatic carbocycles. The number of ketones is 1. The van der Waals surface area contributed by atoms with Gasteiger partial charge in [-0.15, -0.1) is 0 Å². The maximum absolute atomic E-state index is 12.8. The van der Waals surface area contributed by atoms with Gasteiger partial charge in [0.05, 0.1) is 21.6 Å². The van der Waals surface area contributed by atoms with Crippen LogP contribution in [0.4, 0.5) is 5.69 Å². The lowest BCUT2D eigenvalue weighted by molar-refractivity contribution is -0.116. The minimum Gasteiger partial charge on any atom is -0.331 e. The van der Waals surface area contributed by atoms with Gasteiger partial charge in [0, 0.05) is 38.5 Å². The van der Waals surface area contributed by atoms with Crippen molar-refractivity contribution < 1.29 is 18.0 Å². The molecule has 1 heterocycles. The number of aromatic nitrogens is 2. The van der Waals surface area contributed by atoms with Crippen LogP contribution in [0.1, 0.15) is 43.4 Å². The molecule has 8 nitrogen and oxygen atoms in total. The van der Waals surface area contributed by atoms with Crippen LogP contribution in [0.25, 0.3) is 11.0 Å². The van der Waals surface area contributed by atoms with Gasteiger partial charge in [0.2, 0.25) is 15.9 Å². The minimum absolute atomic E-state index is 0.119. The summed E-state index contributed by atoms with van der Waals surface area (Å²) in [5, 5.41) is 2.79. The Hall–Kier alpha value is -3.04. The van der Waals surface area contributed by atoms with Crippen molar-refractivity contribution in [1.29, 1.82) is 0 Å². The number of aryl methyl sites for hydroxylation is 2. The molecule has 170 valence electrons. The number of anilines is 1. The van der Waals surface area contributed by atoms with Gasteiger partial charge in [-0.2, -0.15) is 4.31 Å². The van der Waals surface area contributed by atoms with Crippen LogP contribution in [0, 0.1) is 0 Å². The summed E-state index contributed by atoms with van der Waals surface area (Å²) >= 11 is 0. The summed E-state index contributed by atoms with van der Waals surface area (Å²) in [7, 11) is -1.74. The van der Waals surface area contributed by atoms with E-state index in [1.54, 1.807) is 56.3 Å². The highest BCUT2D eigenvalue weighted by atomic mass is 32.2. The number of Topliss-reactive ketones (excluding diaryl/α,β-unsaturated/α-hetero) is 1. The number of fused-ring (bicyclic) bond motifs is 1. The fraction of sp³-hybridized carbons (Fsp3) is 0.348. The zero-order valence-corrected chi connectivity index (χ0v) is 19.6. The number of hydrogen-bond donors (Lipinski definition) is 1. The molecule has 32 heavy (non-hydrogen) atoms. The maximum Gasteiger partial charge on any atom is 0.243 e. The Bertz CT molecular complexity index is 1260. The minimum atomic E-state index is -3.58. The third-order valence-electron chi connectivity index (χ3n) is 5.44. The summed E-state index contributed by atoms with van der Waals surface area (Å²) in [6.07, 6.45) is 0.547. The first-order chi connectivity index (χ1) is 15.2. The standard InChI is InChI=1S/C23H28N4O4S/c1-5-27(6-2)32(30,31)17-11-12-21-20(15-17)24-22(26(21)4)13-14-23(29)25-19-10-8-7-9-18(19)16(3)28/h7-12,15H,5-6,13-14H2,1-4H3,(H,25,29). The molecule has 0 radical (unpaired) electrons. The second-order valence-electron chi connectivity index (χ2n) is 7.48. The van der Waals surface area contributed by atoms with Crippen LogP contribution in [0.2, 0.25) is 0 Å². The third-order valence-corrected chi connectivity index (χ3v) is 7.49. The van der Waals surface area contributed by atoms with E-state index in [1.165, 1.54) is 11.2 Å². The van der Waals surface area contributed by atoms with Crippen LogP contribution in [0.15, 0.2) is 47.4 Å². The number of nitrogens with zero attached hydrogens (tertiary/aromatic N) is 3. The highest BCUT2D eigenvalue weighted by molar-refractivity contribution is 7.89. The van der Waals surface area contributed by atoms with Gasteiger partial charge in [0.25, 0.3) is 0 Å². The second kappa shape index (κ2) is 9.62. The van der Waals surface area contributed by atoms with Crippen LogP contribution in [-0.2, 0) is 28.3 Å². The van der Waals surface area contributed by atoms with Crippen LogP contribution in [0.5, 0.6) is 0 Å². The van der Waals surface area contributed by atoms with E-state index in [9.17, 15) is 18.0 Å². The van der Waals surface area contributed by atoms with E-state index in [4.69, 9.17) is 0 Å². The molecule has 0 aliphatic heterocycles. The SMILES string of the molecule is CCN(CC)S(=O)(=O)c1ccc2c(c1)nc(CCC(=O)Nc1ccccc1C(C)=O)n2C. The van der Waals surface area contributed by atoms with Gasteiger partial charge in [-0.3, -0.25) is 9.59 Å². The highest BCUT2D eigenvalue weighted by Crippen LogP contribution is 2.23. The van der Waals surface area contributed by atoms with E-state index < -0.39 is 10.0 Å². The van der Waals surface area contributed by atoms with Gasteiger partial charge in [0.15, 0.2) is 5.78 Å². The molecule has 0 bridgehead atoms.